The third-order valence-corrected chi connectivity index (χ3v) is 5.23. The van der Waals surface area contributed by atoms with Crippen LogP contribution in [0, 0.1) is 10.1 Å². The van der Waals surface area contributed by atoms with E-state index in [1.54, 1.807) is 12.1 Å². The lowest BCUT2D eigenvalue weighted by Gasteiger charge is -2.18. The van der Waals surface area contributed by atoms with Crippen molar-refractivity contribution >= 4 is 23.8 Å². The lowest BCUT2D eigenvalue weighted by atomic mass is 9.99. The maximum atomic E-state index is 11.5. The van der Waals surface area contributed by atoms with Gasteiger partial charge in [-0.15, -0.1) is 12.4 Å². The highest BCUT2D eigenvalue weighted by Crippen LogP contribution is 2.37. The van der Waals surface area contributed by atoms with E-state index < -0.39 is 5.54 Å². The van der Waals surface area contributed by atoms with Gasteiger partial charge in [-0.25, -0.2) is 0 Å². The Hall–Kier alpha value is -2.19. The molecule has 2 aliphatic rings. The second-order valence-corrected chi connectivity index (χ2v) is 6.94. The quantitative estimate of drug-likeness (QED) is 0.639. The highest BCUT2D eigenvalue weighted by atomic mass is 35.5. The van der Waals surface area contributed by atoms with Crippen molar-refractivity contribution in [3.8, 4) is 11.5 Å². The van der Waals surface area contributed by atoms with Gasteiger partial charge in [0, 0.05) is 24.7 Å². The van der Waals surface area contributed by atoms with Crippen LogP contribution in [0.25, 0.3) is 11.5 Å². The van der Waals surface area contributed by atoms with Crippen LogP contribution in [0.2, 0.25) is 0 Å². The standard InChI is InChI=1S/C17H21N5O3.ClH/c18-17(7-1-2-8-17)16-19-15(25-20-16)12-5-6-13(14(11-12)22(23)24)21-9-3-4-10-21;/h5-6,11H,1-4,7-10,18H2;1H. The molecule has 2 N–H and O–H groups in total. The summed E-state index contributed by atoms with van der Waals surface area (Å²) >= 11 is 0. The molecular weight excluding hydrogens is 358 g/mol. The largest absolute Gasteiger partial charge is 0.366 e. The van der Waals surface area contributed by atoms with Crippen LogP contribution in [0.4, 0.5) is 11.4 Å². The minimum atomic E-state index is -0.539. The van der Waals surface area contributed by atoms with Crippen molar-refractivity contribution in [2.75, 3.05) is 18.0 Å². The highest BCUT2D eigenvalue weighted by molar-refractivity contribution is 5.85. The number of hydrogen-bond donors (Lipinski definition) is 1. The van der Waals surface area contributed by atoms with E-state index in [0.717, 1.165) is 51.6 Å². The van der Waals surface area contributed by atoms with Gasteiger partial charge in [-0.3, -0.25) is 10.1 Å². The maximum absolute atomic E-state index is 11.5. The van der Waals surface area contributed by atoms with E-state index in [0.29, 0.717) is 17.1 Å². The zero-order valence-electron chi connectivity index (χ0n) is 14.4. The van der Waals surface area contributed by atoms with E-state index >= 15 is 0 Å². The summed E-state index contributed by atoms with van der Waals surface area (Å²) in [5.74, 6) is 0.772. The van der Waals surface area contributed by atoms with Crippen molar-refractivity contribution in [2.24, 2.45) is 5.73 Å². The lowest BCUT2D eigenvalue weighted by molar-refractivity contribution is -0.384. The van der Waals surface area contributed by atoms with E-state index in [4.69, 9.17) is 10.3 Å². The van der Waals surface area contributed by atoms with E-state index in [9.17, 15) is 10.1 Å². The van der Waals surface area contributed by atoms with Crippen molar-refractivity contribution in [1.29, 1.82) is 0 Å². The van der Waals surface area contributed by atoms with Gasteiger partial charge in [-0.2, -0.15) is 4.98 Å². The van der Waals surface area contributed by atoms with Gasteiger partial charge < -0.3 is 15.2 Å². The number of rotatable bonds is 4. The van der Waals surface area contributed by atoms with Crippen LogP contribution >= 0.6 is 12.4 Å². The number of halogens is 1. The Morgan fingerprint density at radius 1 is 1.19 bits per heavy atom. The van der Waals surface area contributed by atoms with E-state index in [-0.39, 0.29) is 28.9 Å². The van der Waals surface area contributed by atoms with Crippen molar-refractivity contribution in [1.82, 2.24) is 10.1 Å². The number of nitro benzene ring substituents is 1. The van der Waals surface area contributed by atoms with E-state index in [1.807, 2.05) is 0 Å². The fraction of sp³-hybridized carbons (Fsp3) is 0.529. The van der Waals surface area contributed by atoms with Gasteiger partial charge in [0.1, 0.15) is 5.69 Å². The summed E-state index contributed by atoms with van der Waals surface area (Å²) in [5, 5.41) is 15.5. The number of benzene rings is 1. The Morgan fingerprint density at radius 3 is 2.54 bits per heavy atom. The van der Waals surface area contributed by atoms with Gasteiger partial charge in [0.25, 0.3) is 11.6 Å². The summed E-state index contributed by atoms with van der Waals surface area (Å²) in [6.07, 6.45) is 5.89. The molecule has 0 amide bonds. The smallest absolute Gasteiger partial charge is 0.293 e. The average Bonchev–Trinajstić information content (AvgIpc) is 3.36. The zero-order chi connectivity index (χ0) is 17.4. The van der Waals surface area contributed by atoms with Gasteiger partial charge in [0.05, 0.1) is 10.5 Å². The molecule has 1 saturated carbocycles. The first-order chi connectivity index (χ1) is 12.1. The first kappa shape index (κ1) is 18.6. The van der Waals surface area contributed by atoms with Crippen LogP contribution in [-0.2, 0) is 5.54 Å². The van der Waals surface area contributed by atoms with Gasteiger partial charge in [0.15, 0.2) is 5.82 Å². The summed E-state index contributed by atoms with van der Waals surface area (Å²) in [5.41, 5.74) is 7.09. The van der Waals surface area contributed by atoms with Crippen LogP contribution in [0.3, 0.4) is 0 Å². The van der Waals surface area contributed by atoms with Crippen molar-refractivity contribution in [2.45, 2.75) is 44.1 Å². The molecule has 0 radical (unpaired) electrons. The molecule has 9 heteroatoms. The number of aromatic nitrogens is 2. The Labute approximate surface area is 157 Å². The van der Waals surface area contributed by atoms with Crippen LogP contribution in [0.1, 0.15) is 44.3 Å². The molecule has 0 bridgehead atoms. The molecule has 1 aliphatic heterocycles. The molecule has 1 aliphatic carbocycles. The van der Waals surface area contributed by atoms with Crippen LogP contribution in [0.15, 0.2) is 22.7 Å². The monoisotopic (exact) mass is 379 g/mol. The van der Waals surface area contributed by atoms with Gasteiger partial charge in [0.2, 0.25) is 0 Å². The van der Waals surface area contributed by atoms with E-state index in [2.05, 4.69) is 15.0 Å². The molecule has 1 aromatic heterocycles. The zero-order valence-corrected chi connectivity index (χ0v) is 15.2. The van der Waals surface area contributed by atoms with Crippen LogP contribution in [0.5, 0.6) is 0 Å². The topological polar surface area (TPSA) is 111 Å². The molecule has 2 fully saturated rings. The number of nitrogens with two attached hydrogens (primary N) is 1. The molecule has 0 unspecified atom stereocenters. The third-order valence-electron chi connectivity index (χ3n) is 5.23. The number of nitrogens with zero attached hydrogens (tertiary/aromatic N) is 4. The Kier molecular flexibility index (Phi) is 5.15. The van der Waals surface area contributed by atoms with Gasteiger partial charge in [-0.05, 0) is 37.8 Å². The molecule has 1 saturated heterocycles. The number of hydrogen-bond acceptors (Lipinski definition) is 7. The molecule has 2 heterocycles. The molecule has 4 rings (SSSR count). The molecule has 140 valence electrons. The molecule has 2 aromatic rings. The van der Waals surface area contributed by atoms with Crippen molar-refractivity contribution in [3.63, 3.8) is 0 Å². The Morgan fingerprint density at radius 2 is 1.88 bits per heavy atom. The minimum absolute atomic E-state index is 0. The fourth-order valence-electron chi connectivity index (χ4n) is 3.80. The third kappa shape index (κ3) is 3.26. The first-order valence-corrected chi connectivity index (χ1v) is 8.74. The number of nitro groups is 1. The summed E-state index contributed by atoms with van der Waals surface area (Å²) in [4.78, 5) is 17.6. The van der Waals surface area contributed by atoms with Crippen molar-refractivity contribution in [3.05, 3.63) is 34.1 Å². The normalized spacial score (nSPS) is 18.7. The molecule has 0 spiro atoms. The molecule has 1 aromatic carbocycles. The predicted molar refractivity (Wildman–Crippen MR) is 99.4 cm³/mol. The SMILES string of the molecule is Cl.NC1(c2noc(-c3ccc(N4CCCC4)c([N+](=O)[O-])c3)n2)CCCC1. The highest BCUT2D eigenvalue weighted by Gasteiger charge is 2.36. The fourth-order valence-corrected chi connectivity index (χ4v) is 3.80. The maximum Gasteiger partial charge on any atom is 0.293 e. The summed E-state index contributed by atoms with van der Waals surface area (Å²) in [6, 6.07) is 5.09. The van der Waals surface area contributed by atoms with Gasteiger partial charge in [-0.1, -0.05) is 18.0 Å². The lowest BCUT2D eigenvalue weighted by Crippen LogP contribution is -2.34. The summed E-state index contributed by atoms with van der Waals surface area (Å²) < 4.78 is 5.35. The molecular formula is C17H22ClN5O3. The van der Waals surface area contributed by atoms with E-state index in [1.165, 1.54) is 6.07 Å². The van der Waals surface area contributed by atoms with Gasteiger partial charge >= 0.3 is 0 Å². The predicted octanol–water partition coefficient (Wildman–Crippen LogP) is 3.39. The Balaban J connectivity index is 0.00000196. The summed E-state index contributed by atoms with van der Waals surface area (Å²) in [7, 11) is 0. The second kappa shape index (κ2) is 7.20. The first-order valence-electron chi connectivity index (χ1n) is 8.74. The molecule has 26 heavy (non-hydrogen) atoms. The van der Waals surface area contributed by atoms with Crippen LogP contribution in [-0.4, -0.2) is 28.2 Å². The van der Waals surface area contributed by atoms with Crippen molar-refractivity contribution < 1.29 is 9.45 Å². The Bertz CT molecular complexity index is 797. The number of anilines is 1. The molecule has 0 atom stereocenters. The van der Waals surface area contributed by atoms with Crippen LogP contribution < -0.4 is 10.6 Å². The minimum Gasteiger partial charge on any atom is -0.366 e. The average molecular weight is 380 g/mol. The second-order valence-electron chi connectivity index (χ2n) is 6.94. The molecule has 8 nitrogen and oxygen atoms in total. The summed E-state index contributed by atoms with van der Waals surface area (Å²) in [6.45, 7) is 1.70.